The summed E-state index contributed by atoms with van der Waals surface area (Å²) in [5.74, 6) is 6.13. The molecule has 0 heteroatoms. The van der Waals surface area contributed by atoms with Crippen molar-refractivity contribution in [2.75, 3.05) is 0 Å². The average molecular weight is 427 g/mol. The van der Waals surface area contributed by atoms with Crippen LogP contribution in [0.4, 0.5) is 0 Å². The van der Waals surface area contributed by atoms with Crippen LogP contribution in [-0.2, 0) is 0 Å². The molecule has 0 aliphatic heterocycles. The SMILES string of the molecule is C=CCCC1CCC(CCC=CC2CCC(C3CCC(CCCCC)CC3)CC2)CC1. The molecule has 3 saturated carbocycles. The first-order valence-corrected chi connectivity index (χ1v) is 14.6. The standard InChI is InChI=1S/C31H54/c1-3-5-7-11-28-18-22-30(23-19-28)31-24-20-29(21-25-31)13-9-8-12-27-16-14-26(15-17-27)10-6-4-2/h4,9,13,26-31H,2-3,5-8,10-12,14-25H2,1H3. The minimum absolute atomic E-state index is 0.899. The Kier molecular flexibility index (Phi) is 11.8. The maximum Gasteiger partial charge on any atom is -0.0233 e. The molecule has 0 aromatic rings. The van der Waals surface area contributed by atoms with Crippen molar-refractivity contribution < 1.29 is 0 Å². The highest BCUT2D eigenvalue weighted by molar-refractivity contribution is 4.93. The van der Waals surface area contributed by atoms with Gasteiger partial charge in [0.25, 0.3) is 0 Å². The van der Waals surface area contributed by atoms with Gasteiger partial charge in [0.15, 0.2) is 0 Å². The van der Waals surface area contributed by atoms with Crippen LogP contribution in [0.1, 0.15) is 135 Å². The summed E-state index contributed by atoms with van der Waals surface area (Å²) < 4.78 is 0. The third kappa shape index (κ3) is 9.09. The van der Waals surface area contributed by atoms with Gasteiger partial charge in [-0.3, -0.25) is 0 Å². The smallest absolute Gasteiger partial charge is 0.0233 e. The highest BCUT2D eigenvalue weighted by atomic mass is 14.4. The summed E-state index contributed by atoms with van der Waals surface area (Å²) in [5.41, 5.74) is 0. The molecule has 0 bridgehead atoms. The van der Waals surface area contributed by atoms with E-state index in [0.717, 1.165) is 35.5 Å². The zero-order valence-corrected chi connectivity index (χ0v) is 21.0. The fraction of sp³-hybridized carbons (Fsp3) is 0.871. The maximum absolute atomic E-state index is 3.88. The van der Waals surface area contributed by atoms with E-state index in [0.29, 0.717) is 0 Å². The molecule has 0 atom stereocenters. The van der Waals surface area contributed by atoms with E-state index in [1.54, 1.807) is 25.7 Å². The molecule has 0 aromatic heterocycles. The van der Waals surface area contributed by atoms with Crippen molar-refractivity contribution in [2.45, 2.75) is 135 Å². The van der Waals surface area contributed by atoms with Crippen LogP contribution in [0, 0.1) is 35.5 Å². The molecule has 0 N–H and O–H groups in total. The van der Waals surface area contributed by atoms with E-state index in [4.69, 9.17) is 0 Å². The molecule has 0 radical (unpaired) electrons. The molecule has 3 fully saturated rings. The summed E-state index contributed by atoms with van der Waals surface area (Å²) in [5, 5.41) is 0. The molecule has 0 amide bonds. The van der Waals surface area contributed by atoms with Crippen LogP contribution in [0.3, 0.4) is 0 Å². The highest BCUT2D eigenvalue weighted by Gasteiger charge is 2.30. The molecule has 0 nitrogen and oxygen atoms in total. The van der Waals surface area contributed by atoms with Crippen LogP contribution in [0.5, 0.6) is 0 Å². The lowest BCUT2D eigenvalue weighted by Gasteiger charge is -2.37. The number of hydrogen-bond donors (Lipinski definition) is 0. The van der Waals surface area contributed by atoms with Crippen molar-refractivity contribution >= 4 is 0 Å². The molecule has 0 unspecified atom stereocenters. The second-order valence-electron chi connectivity index (χ2n) is 11.7. The largest absolute Gasteiger partial charge is 0.103 e. The summed E-state index contributed by atoms with van der Waals surface area (Å²) in [6.45, 7) is 6.22. The monoisotopic (exact) mass is 426 g/mol. The lowest BCUT2D eigenvalue weighted by Crippen LogP contribution is -2.25. The van der Waals surface area contributed by atoms with Gasteiger partial charge in [0.1, 0.15) is 0 Å². The van der Waals surface area contributed by atoms with E-state index in [-0.39, 0.29) is 0 Å². The van der Waals surface area contributed by atoms with E-state index in [1.807, 2.05) is 0 Å². The van der Waals surface area contributed by atoms with E-state index in [2.05, 4.69) is 31.7 Å². The number of unbranched alkanes of at least 4 members (excludes halogenated alkanes) is 2. The lowest BCUT2D eigenvalue weighted by atomic mass is 9.68. The predicted octanol–water partition coefficient (Wildman–Crippen LogP) is 10.3. The molecule has 0 aromatic carbocycles. The number of hydrogen-bond acceptors (Lipinski definition) is 0. The highest BCUT2D eigenvalue weighted by Crippen LogP contribution is 2.42. The fourth-order valence-corrected chi connectivity index (χ4v) is 7.22. The van der Waals surface area contributed by atoms with E-state index >= 15 is 0 Å². The van der Waals surface area contributed by atoms with Crippen molar-refractivity contribution in [3.05, 3.63) is 24.8 Å². The summed E-state index contributed by atoms with van der Waals surface area (Å²) in [7, 11) is 0. The van der Waals surface area contributed by atoms with Crippen LogP contribution >= 0.6 is 0 Å². The third-order valence-electron chi connectivity index (χ3n) is 9.49. The molecule has 3 aliphatic rings. The minimum atomic E-state index is 0.899. The summed E-state index contributed by atoms with van der Waals surface area (Å²) in [4.78, 5) is 0. The fourth-order valence-electron chi connectivity index (χ4n) is 7.22. The first kappa shape index (κ1) is 25.1. The molecule has 0 saturated heterocycles. The van der Waals surface area contributed by atoms with Gasteiger partial charge in [-0.05, 0) is 99.7 Å². The predicted molar refractivity (Wildman–Crippen MR) is 138 cm³/mol. The van der Waals surface area contributed by atoms with Crippen molar-refractivity contribution in [1.29, 1.82) is 0 Å². The molecule has 178 valence electrons. The van der Waals surface area contributed by atoms with Crippen LogP contribution < -0.4 is 0 Å². The maximum atomic E-state index is 3.88. The second-order valence-corrected chi connectivity index (χ2v) is 11.7. The Morgan fingerprint density at radius 2 is 1.13 bits per heavy atom. The van der Waals surface area contributed by atoms with Gasteiger partial charge in [-0.25, -0.2) is 0 Å². The van der Waals surface area contributed by atoms with Gasteiger partial charge in [-0.15, -0.1) is 6.58 Å². The van der Waals surface area contributed by atoms with Crippen molar-refractivity contribution in [2.24, 2.45) is 35.5 Å². The lowest BCUT2D eigenvalue weighted by molar-refractivity contribution is 0.151. The van der Waals surface area contributed by atoms with Crippen LogP contribution in [0.2, 0.25) is 0 Å². The van der Waals surface area contributed by atoms with Gasteiger partial charge in [0, 0.05) is 0 Å². The van der Waals surface area contributed by atoms with E-state index in [9.17, 15) is 0 Å². The van der Waals surface area contributed by atoms with Gasteiger partial charge in [-0.2, -0.15) is 0 Å². The second kappa shape index (κ2) is 14.6. The average Bonchev–Trinajstić information content (AvgIpc) is 2.82. The zero-order valence-electron chi connectivity index (χ0n) is 21.0. The molecule has 31 heavy (non-hydrogen) atoms. The zero-order chi connectivity index (χ0) is 21.7. The van der Waals surface area contributed by atoms with Gasteiger partial charge < -0.3 is 0 Å². The molecular formula is C31H54. The topological polar surface area (TPSA) is 0 Å². The molecule has 3 aliphatic carbocycles. The van der Waals surface area contributed by atoms with Gasteiger partial charge >= 0.3 is 0 Å². The Morgan fingerprint density at radius 3 is 1.71 bits per heavy atom. The minimum Gasteiger partial charge on any atom is -0.103 e. The summed E-state index contributed by atoms with van der Waals surface area (Å²) in [6.07, 6.45) is 36.7. The summed E-state index contributed by atoms with van der Waals surface area (Å²) in [6, 6.07) is 0. The van der Waals surface area contributed by atoms with Gasteiger partial charge in [0.05, 0.1) is 0 Å². The van der Waals surface area contributed by atoms with Gasteiger partial charge in [-0.1, -0.05) is 89.4 Å². The van der Waals surface area contributed by atoms with E-state index in [1.165, 1.54) is 103 Å². The number of rotatable bonds is 12. The van der Waals surface area contributed by atoms with Crippen LogP contribution in [0.15, 0.2) is 24.8 Å². The number of allylic oxidation sites excluding steroid dienone is 3. The normalized spacial score (nSPS) is 34.7. The van der Waals surface area contributed by atoms with Crippen molar-refractivity contribution in [3.8, 4) is 0 Å². The Balaban J connectivity index is 1.23. The molecule has 3 rings (SSSR count). The Hall–Kier alpha value is -0.520. The van der Waals surface area contributed by atoms with Gasteiger partial charge in [0.2, 0.25) is 0 Å². The van der Waals surface area contributed by atoms with E-state index < -0.39 is 0 Å². The van der Waals surface area contributed by atoms with Crippen LogP contribution in [-0.4, -0.2) is 0 Å². The third-order valence-corrected chi connectivity index (χ3v) is 9.49. The van der Waals surface area contributed by atoms with Crippen molar-refractivity contribution in [3.63, 3.8) is 0 Å². The Morgan fingerprint density at radius 1 is 0.613 bits per heavy atom. The molecule has 0 heterocycles. The molecule has 0 spiro atoms. The Labute approximate surface area is 195 Å². The first-order chi connectivity index (χ1) is 15.3. The quantitative estimate of drug-likeness (QED) is 0.215. The summed E-state index contributed by atoms with van der Waals surface area (Å²) >= 11 is 0. The van der Waals surface area contributed by atoms with Crippen molar-refractivity contribution in [1.82, 2.24) is 0 Å². The Bertz CT molecular complexity index is 478. The van der Waals surface area contributed by atoms with Crippen LogP contribution in [0.25, 0.3) is 0 Å². The molecular weight excluding hydrogens is 372 g/mol. The first-order valence-electron chi connectivity index (χ1n) is 14.6.